The van der Waals surface area contributed by atoms with Crippen LogP contribution in [0.1, 0.15) is 18.9 Å². The molecule has 4 rings (SSSR count). The minimum Gasteiger partial charge on any atom is -0.494 e. The Morgan fingerprint density at radius 1 is 1.19 bits per heavy atom. The molecular weight excluding hydrogens is 425 g/mol. The van der Waals surface area contributed by atoms with Gasteiger partial charge in [0.2, 0.25) is 0 Å². The summed E-state index contributed by atoms with van der Waals surface area (Å²) in [6.07, 6.45) is 0.840. The summed E-state index contributed by atoms with van der Waals surface area (Å²) in [7, 11) is 0. The Kier molecular flexibility index (Phi) is 6.66. The van der Waals surface area contributed by atoms with Crippen LogP contribution in [0, 0.1) is 17.1 Å². The fourth-order valence-electron chi connectivity index (χ4n) is 3.81. The molecule has 164 valence electrons. The Hall–Kier alpha value is -3.44. The van der Waals surface area contributed by atoms with Crippen molar-refractivity contribution in [1.29, 1.82) is 5.26 Å². The summed E-state index contributed by atoms with van der Waals surface area (Å²) in [5, 5.41) is 14.1. The van der Waals surface area contributed by atoms with Crippen LogP contribution in [0.4, 0.5) is 15.9 Å². The van der Waals surface area contributed by atoms with Crippen LogP contribution in [0.5, 0.6) is 5.75 Å². The number of para-hydroxylation sites is 1. The van der Waals surface area contributed by atoms with E-state index in [0.717, 1.165) is 36.2 Å². The third-order valence-electron chi connectivity index (χ3n) is 5.40. The van der Waals surface area contributed by atoms with Crippen molar-refractivity contribution in [2.45, 2.75) is 13.3 Å². The number of hydrogen-bond donors (Lipinski definition) is 1. The summed E-state index contributed by atoms with van der Waals surface area (Å²) in [6, 6.07) is 16.4. The van der Waals surface area contributed by atoms with Crippen molar-refractivity contribution in [3.8, 4) is 11.8 Å². The van der Waals surface area contributed by atoms with E-state index in [4.69, 9.17) is 21.9 Å². The number of nitrogens with one attached hydrogen (secondary N) is 1. The molecule has 1 aliphatic heterocycles. The molecule has 1 aliphatic rings. The van der Waals surface area contributed by atoms with E-state index in [1.165, 1.54) is 6.07 Å². The van der Waals surface area contributed by atoms with Gasteiger partial charge in [0.1, 0.15) is 23.5 Å². The van der Waals surface area contributed by atoms with E-state index in [1.807, 2.05) is 36.1 Å². The van der Waals surface area contributed by atoms with Crippen LogP contribution >= 0.6 is 12.2 Å². The second-order valence-corrected chi connectivity index (χ2v) is 7.88. The largest absolute Gasteiger partial charge is 0.494 e. The van der Waals surface area contributed by atoms with E-state index < -0.39 is 0 Å². The second kappa shape index (κ2) is 9.79. The standard InChI is InChI=1S/C24H24FN5OS/c1-2-31-19-8-9-21-17(15-19)14-18(16-26)23(27-21)29-10-5-11-30(13-12-29)24(32)28-22-7-4-3-6-20(22)25/h3-4,6-9,14-15H,2,5,10-13H2,1H3,(H,28,32). The molecule has 2 aromatic carbocycles. The fraction of sp³-hybridized carbons (Fsp3) is 0.292. The Morgan fingerprint density at radius 2 is 2.03 bits per heavy atom. The molecule has 2 heterocycles. The zero-order valence-corrected chi connectivity index (χ0v) is 18.7. The molecule has 1 N–H and O–H groups in total. The van der Waals surface area contributed by atoms with Gasteiger partial charge < -0.3 is 19.9 Å². The fourth-order valence-corrected chi connectivity index (χ4v) is 4.11. The molecule has 0 bridgehead atoms. The number of pyridine rings is 1. The lowest BCUT2D eigenvalue weighted by Gasteiger charge is -2.25. The first-order chi connectivity index (χ1) is 15.6. The van der Waals surface area contributed by atoms with Gasteiger partial charge >= 0.3 is 0 Å². The molecule has 1 fully saturated rings. The molecule has 0 unspecified atom stereocenters. The van der Waals surface area contributed by atoms with Crippen LogP contribution in [0.3, 0.4) is 0 Å². The SMILES string of the molecule is CCOc1ccc2nc(N3CCCN(C(=S)Nc4ccccc4F)CC3)c(C#N)cc2c1. The van der Waals surface area contributed by atoms with E-state index in [-0.39, 0.29) is 5.82 Å². The summed E-state index contributed by atoms with van der Waals surface area (Å²) in [6.45, 7) is 5.32. The molecule has 1 aromatic heterocycles. The molecule has 0 saturated carbocycles. The van der Waals surface area contributed by atoms with Crippen molar-refractivity contribution in [3.05, 3.63) is 59.9 Å². The number of nitriles is 1. The Balaban J connectivity index is 1.51. The molecule has 32 heavy (non-hydrogen) atoms. The van der Waals surface area contributed by atoms with Crippen molar-refractivity contribution < 1.29 is 9.13 Å². The van der Waals surface area contributed by atoms with Gasteiger partial charge in [0.25, 0.3) is 0 Å². The minimum atomic E-state index is -0.335. The normalized spacial score (nSPS) is 14.0. The molecule has 0 atom stereocenters. The molecular formula is C24H24FN5OS. The lowest BCUT2D eigenvalue weighted by Crippen LogP contribution is -2.38. The number of ether oxygens (including phenoxy) is 1. The highest BCUT2D eigenvalue weighted by atomic mass is 32.1. The van der Waals surface area contributed by atoms with Crippen LogP contribution < -0.4 is 15.0 Å². The van der Waals surface area contributed by atoms with Crippen molar-refractivity contribution in [2.75, 3.05) is 43.0 Å². The van der Waals surface area contributed by atoms with Gasteiger partial charge in [0, 0.05) is 31.6 Å². The number of halogens is 1. The smallest absolute Gasteiger partial charge is 0.173 e. The number of fused-ring (bicyclic) bond motifs is 1. The second-order valence-electron chi connectivity index (χ2n) is 7.50. The van der Waals surface area contributed by atoms with Crippen LogP contribution in [-0.4, -0.2) is 47.8 Å². The monoisotopic (exact) mass is 449 g/mol. The van der Waals surface area contributed by atoms with Crippen molar-refractivity contribution in [3.63, 3.8) is 0 Å². The summed E-state index contributed by atoms with van der Waals surface area (Å²) in [5.74, 6) is 1.11. The third-order valence-corrected chi connectivity index (χ3v) is 5.76. The maximum absolute atomic E-state index is 14.0. The highest BCUT2D eigenvalue weighted by molar-refractivity contribution is 7.80. The Bertz CT molecular complexity index is 1180. The van der Waals surface area contributed by atoms with E-state index in [1.54, 1.807) is 18.2 Å². The number of rotatable bonds is 4. The van der Waals surface area contributed by atoms with Gasteiger partial charge in [-0.15, -0.1) is 0 Å². The quantitative estimate of drug-likeness (QED) is 0.586. The minimum absolute atomic E-state index is 0.335. The van der Waals surface area contributed by atoms with Gasteiger partial charge in [-0.2, -0.15) is 5.26 Å². The number of nitrogens with zero attached hydrogens (tertiary/aromatic N) is 4. The molecule has 3 aromatic rings. The van der Waals surface area contributed by atoms with Gasteiger partial charge in [0.05, 0.1) is 23.4 Å². The molecule has 0 spiro atoms. The first-order valence-electron chi connectivity index (χ1n) is 10.6. The van der Waals surface area contributed by atoms with Crippen molar-refractivity contribution in [1.82, 2.24) is 9.88 Å². The maximum atomic E-state index is 14.0. The lowest BCUT2D eigenvalue weighted by molar-refractivity contribution is 0.340. The number of hydrogen-bond acceptors (Lipinski definition) is 5. The predicted octanol–water partition coefficient (Wildman–Crippen LogP) is 4.55. The number of benzene rings is 2. The summed E-state index contributed by atoms with van der Waals surface area (Å²) < 4.78 is 19.5. The zero-order chi connectivity index (χ0) is 22.5. The highest BCUT2D eigenvalue weighted by Gasteiger charge is 2.21. The average Bonchev–Trinajstić information content (AvgIpc) is 3.06. The van der Waals surface area contributed by atoms with Gasteiger partial charge in [-0.3, -0.25) is 0 Å². The van der Waals surface area contributed by atoms with Crippen LogP contribution in [0.15, 0.2) is 48.5 Å². The molecule has 6 nitrogen and oxygen atoms in total. The first kappa shape index (κ1) is 21.8. The first-order valence-corrected chi connectivity index (χ1v) is 11.0. The van der Waals surface area contributed by atoms with E-state index >= 15 is 0 Å². The number of thiocarbonyl (C=S) groups is 1. The van der Waals surface area contributed by atoms with E-state index in [0.29, 0.717) is 41.9 Å². The molecule has 0 radical (unpaired) electrons. The lowest BCUT2D eigenvalue weighted by atomic mass is 10.1. The van der Waals surface area contributed by atoms with Gasteiger partial charge in [-0.1, -0.05) is 12.1 Å². The summed E-state index contributed by atoms with van der Waals surface area (Å²) >= 11 is 5.53. The topological polar surface area (TPSA) is 64.4 Å². The number of anilines is 2. The molecule has 1 saturated heterocycles. The summed E-state index contributed by atoms with van der Waals surface area (Å²) in [5.41, 5.74) is 1.72. The van der Waals surface area contributed by atoms with Gasteiger partial charge in [0.15, 0.2) is 5.11 Å². The average molecular weight is 450 g/mol. The predicted molar refractivity (Wildman–Crippen MR) is 129 cm³/mol. The third kappa shape index (κ3) is 4.73. The molecule has 0 amide bonds. The van der Waals surface area contributed by atoms with Crippen LogP contribution in [-0.2, 0) is 0 Å². The Labute approximate surface area is 192 Å². The maximum Gasteiger partial charge on any atom is 0.173 e. The Morgan fingerprint density at radius 3 is 2.81 bits per heavy atom. The van der Waals surface area contributed by atoms with Gasteiger partial charge in [-0.05, 0) is 62.0 Å². The highest BCUT2D eigenvalue weighted by Crippen LogP contribution is 2.27. The van der Waals surface area contributed by atoms with Crippen molar-refractivity contribution >= 4 is 39.7 Å². The summed E-state index contributed by atoms with van der Waals surface area (Å²) in [4.78, 5) is 8.95. The van der Waals surface area contributed by atoms with Crippen LogP contribution in [0.25, 0.3) is 10.9 Å². The number of aromatic nitrogens is 1. The van der Waals surface area contributed by atoms with Gasteiger partial charge in [-0.25, -0.2) is 9.37 Å². The van der Waals surface area contributed by atoms with Crippen molar-refractivity contribution in [2.24, 2.45) is 0 Å². The van der Waals surface area contributed by atoms with Crippen LogP contribution in [0.2, 0.25) is 0 Å². The van der Waals surface area contributed by atoms with E-state index in [2.05, 4.69) is 16.3 Å². The molecule has 0 aliphatic carbocycles. The molecule has 8 heteroatoms. The van der Waals surface area contributed by atoms with E-state index in [9.17, 15) is 9.65 Å². The zero-order valence-electron chi connectivity index (χ0n) is 17.8.